The van der Waals surface area contributed by atoms with Gasteiger partial charge in [-0.15, -0.1) is 0 Å². The van der Waals surface area contributed by atoms with Crippen LogP contribution in [0.3, 0.4) is 0 Å². The largest absolute Gasteiger partial charge is 0.481 e. The first-order chi connectivity index (χ1) is 8.77. The number of aliphatic carboxylic acids is 1. The lowest BCUT2D eigenvalue weighted by atomic mass is 9.76. The first-order valence-electron chi connectivity index (χ1n) is 6.91. The Morgan fingerprint density at radius 2 is 2.05 bits per heavy atom. The van der Waals surface area contributed by atoms with E-state index in [1.807, 2.05) is 20.8 Å². The molecule has 3 unspecified atom stereocenters. The Bertz CT molecular complexity index is 336. The van der Waals surface area contributed by atoms with Gasteiger partial charge in [-0.25, -0.2) is 0 Å². The number of ether oxygens (including phenoxy) is 1. The first kappa shape index (κ1) is 16.0. The molecular weight excluding hydrogens is 246 g/mol. The molecule has 1 rings (SSSR count). The number of carboxylic acids is 1. The van der Waals surface area contributed by atoms with Crippen LogP contribution in [0.4, 0.5) is 0 Å². The van der Waals surface area contributed by atoms with Gasteiger partial charge in [0.25, 0.3) is 0 Å². The van der Waals surface area contributed by atoms with Gasteiger partial charge < -0.3 is 15.2 Å². The van der Waals surface area contributed by atoms with Crippen molar-refractivity contribution >= 4 is 11.9 Å². The fourth-order valence-corrected chi connectivity index (χ4v) is 2.26. The van der Waals surface area contributed by atoms with Gasteiger partial charge in [-0.2, -0.15) is 0 Å². The lowest BCUT2D eigenvalue weighted by Crippen LogP contribution is -2.45. The molecule has 110 valence electrons. The van der Waals surface area contributed by atoms with E-state index in [2.05, 4.69) is 5.32 Å². The molecule has 0 aromatic carbocycles. The Kier molecular flexibility index (Phi) is 5.35. The van der Waals surface area contributed by atoms with E-state index in [0.717, 1.165) is 19.4 Å². The van der Waals surface area contributed by atoms with Crippen molar-refractivity contribution in [1.29, 1.82) is 0 Å². The maximum Gasteiger partial charge on any atom is 0.310 e. The van der Waals surface area contributed by atoms with Crippen molar-refractivity contribution in [3.05, 3.63) is 0 Å². The maximum atomic E-state index is 12.0. The highest BCUT2D eigenvalue weighted by atomic mass is 16.5. The number of hydrogen-bond acceptors (Lipinski definition) is 3. The number of nitrogens with one attached hydrogen (secondary N) is 1. The summed E-state index contributed by atoms with van der Waals surface area (Å²) in [5.74, 6) is -1.25. The zero-order valence-electron chi connectivity index (χ0n) is 12.2. The zero-order valence-corrected chi connectivity index (χ0v) is 12.2. The van der Waals surface area contributed by atoms with E-state index in [1.54, 1.807) is 6.92 Å². The van der Waals surface area contributed by atoms with E-state index in [9.17, 15) is 14.7 Å². The van der Waals surface area contributed by atoms with Crippen LogP contribution in [0, 0.1) is 11.3 Å². The number of amides is 1. The van der Waals surface area contributed by atoms with Crippen molar-refractivity contribution < 1.29 is 19.4 Å². The third-order valence-corrected chi connectivity index (χ3v) is 4.20. The van der Waals surface area contributed by atoms with Gasteiger partial charge in [0, 0.05) is 13.0 Å². The molecule has 1 saturated heterocycles. The summed E-state index contributed by atoms with van der Waals surface area (Å²) in [6.45, 7) is 7.91. The quantitative estimate of drug-likeness (QED) is 0.772. The second-order valence-electron chi connectivity index (χ2n) is 5.96. The lowest BCUT2D eigenvalue weighted by molar-refractivity contribution is -0.153. The summed E-state index contributed by atoms with van der Waals surface area (Å²) < 4.78 is 5.51. The van der Waals surface area contributed by atoms with Crippen LogP contribution >= 0.6 is 0 Å². The van der Waals surface area contributed by atoms with Crippen LogP contribution in [-0.4, -0.2) is 35.7 Å². The van der Waals surface area contributed by atoms with E-state index < -0.39 is 11.4 Å². The van der Waals surface area contributed by atoms with Crippen molar-refractivity contribution in [2.75, 3.05) is 6.61 Å². The van der Waals surface area contributed by atoms with E-state index in [-0.39, 0.29) is 30.4 Å². The lowest BCUT2D eigenvalue weighted by Gasteiger charge is -2.29. The standard InChI is InChI=1S/C14H25NO4/c1-9(2)14(4,13(17)18)8-12(16)15-10(3)11-6-5-7-19-11/h9-11H,5-8H2,1-4H3,(H,15,16)(H,17,18). The van der Waals surface area contributed by atoms with E-state index in [1.165, 1.54) is 0 Å². The number of carbonyl (C=O) groups is 2. The molecule has 0 radical (unpaired) electrons. The van der Waals surface area contributed by atoms with Crippen LogP contribution in [0.1, 0.15) is 47.0 Å². The summed E-state index contributed by atoms with van der Waals surface area (Å²) in [5.41, 5.74) is -1.03. The third-order valence-electron chi connectivity index (χ3n) is 4.20. The van der Waals surface area contributed by atoms with Gasteiger partial charge in [-0.1, -0.05) is 13.8 Å². The fourth-order valence-electron chi connectivity index (χ4n) is 2.26. The van der Waals surface area contributed by atoms with Crippen LogP contribution in [0.2, 0.25) is 0 Å². The molecule has 1 amide bonds. The van der Waals surface area contributed by atoms with Gasteiger partial charge in [0.15, 0.2) is 0 Å². The molecular formula is C14H25NO4. The minimum atomic E-state index is -1.03. The molecule has 1 heterocycles. The average molecular weight is 271 g/mol. The topological polar surface area (TPSA) is 75.6 Å². The minimum absolute atomic E-state index is 0.00292. The molecule has 5 nitrogen and oxygen atoms in total. The van der Waals surface area contributed by atoms with Crippen LogP contribution in [-0.2, 0) is 14.3 Å². The highest BCUT2D eigenvalue weighted by Gasteiger charge is 2.39. The molecule has 5 heteroatoms. The van der Waals surface area contributed by atoms with E-state index in [4.69, 9.17) is 4.74 Å². The van der Waals surface area contributed by atoms with Gasteiger partial charge in [-0.05, 0) is 32.6 Å². The molecule has 0 saturated carbocycles. The monoisotopic (exact) mass is 271 g/mol. The minimum Gasteiger partial charge on any atom is -0.481 e. The van der Waals surface area contributed by atoms with Crippen LogP contribution in [0.25, 0.3) is 0 Å². The SMILES string of the molecule is CC(NC(=O)CC(C)(C(=O)O)C(C)C)C1CCCO1. The normalized spacial score (nSPS) is 23.9. The number of rotatable bonds is 6. The second-order valence-corrected chi connectivity index (χ2v) is 5.96. The van der Waals surface area contributed by atoms with Gasteiger partial charge in [-0.3, -0.25) is 9.59 Å². The molecule has 0 aromatic rings. The number of carbonyl (C=O) groups excluding carboxylic acids is 1. The Hall–Kier alpha value is -1.10. The highest BCUT2D eigenvalue weighted by molar-refractivity contribution is 5.85. The van der Waals surface area contributed by atoms with Crippen molar-refractivity contribution in [3.63, 3.8) is 0 Å². The van der Waals surface area contributed by atoms with Gasteiger partial charge in [0.05, 0.1) is 17.6 Å². The van der Waals surface area contributed by atoms with Crippen LogP contribution < -0.4 is 5.32 Å². The summed E-state index contributed by atoms with van der Waals surface area (Å²) >= 11 is 0. The maximum absolute atomic E-state index is 12.0. The van der Waals surface area contributed by atoms with Gasteiger partial charge >= 0.3 is 5.97 Å². The third kappa shape index (κ3) is 3.93. The van der Waals surface area contributed by atoms with Crippen molar-refractivity contribution in [1.82, 2.24) is 5.32 Å². The Morgan fingerprint density at radius 3 is 2.47 bits per heavy atom. The van der Waals surface area contributed by atoms with Gasteiger partial charge in [0.1, 0.15) is 0 Å². The summed E-state index contributed by atoms with van der Waals surface area (Å²) in [7, 11) is 0. The Balaban J connectivity index is 2.55. The van der Waals surface area contributed by atoms with E-state index in [0.29, 0.717) is 0 Å². The summed E-state index contributed by atoms with van der Waals surface area (Å²) in [5, 5.41) is 12.2. The summed E-state index contributed by atoms with van der Waals surface area (Å²) in [6, 6.07) is -0.0693. The molecule has 3 atom stereocenters. The molecule has 0 aliphatic carbocycles. The second kappa shape index (κ2) is 6.37. The van der Waals surface area contributed by atoms with Crippen molar-refractivity contribution in [2.45, 2.75) is 59.1 Å². The molecule has 0 spiro atoms. The molecule has 0 bridgehead atoms. The first-order valence-corrected chi connectivity index (χ1v) is 6.91. The highest BCUT2D eigenvalue weighted by Crippen LogP contribution is 2.31. The molecule has 1 aliphatic heterocycles. The predicted octanol–water partition coefficient (Wildman–Crippen LogP) is 1.81. The number of hydrogen-bond donors (Lipinski definition) is 2. The summed E-state index contributed by atoms with van der Waals surface area (Å²) in [6.07, 6.45) is 2.02. The molecule has 1 aliphatic rings. The molecule has 19 heavy (non-hydrogen) atoms. The Morgan fingerprint density at radius 1 is 1.42 bits per heavy atom. The molecule has 2 N–H and O–H groups in total. The fraction of sp³-hybridized carbons (Fsp3) is 0.857. The van der Waals surface area contributed by atoms with Crippen molar-refractivity contribution in [3.8, 4) is 0 Å². The molecule has 0 aromatic heterocycles. The summed E-state index contributed by atoms with van der Waals surface area (Å²) in [4.78, 5) is 23.3. The average Bonchev–Trinajstić information content (AvgIpc) is 2.81. The zero-order chi connectivity index (χ0) is 14.6. The smallest absolute Gasteiger partial charge is 0.310 e. The Labute approximate surface area is 114 Å². The van der Waals surface area contributed by atoms with Crippen molar-refractivity contribution in [2.24, 2.45) is 11.3 Å². The molecule has 1 fully saturated rings. The van der Waals surface area contributed by atoms with Crippen LogP contribution in [0.15, 0.2) is 0 Å². The number of carboxylic acid groups (broad SMARTS) is 1. The predicted molar refractivity (Wildman–Crippen MR) is 71.8 cm³/mol. The van der Waals surface area contributed by atoms with Crippen LogP contribution in [0.5, 0.6) is 0 Å². The van der Waals surface area contributed by atoms with E-state index >= 15 is 0 Å². The van der Waals surface area contributed by atoms with Gasteiger partial charge in [0.2, 0.25) is 5.91 Å².